The standard InChI is InChI=1S/C39H50O3/c1-5-14-32(18-12-13-20-39(41)42)33-21-23-34(24-22-33)35-25-26-36(30(4)28-35)37(27-29(2)3)38(40)19-11-7-10-17-31-15-8-6-9-16-31/h6,8-9,15-16,21-26,28,32,37H,2,5,7,10-14,17-20,27H2,1,3-4H3,(H,41,42). The van der Waals surface area contributed by atoms with Gasteiger partial charge in [0.2, 0.25) is 0 Å². The van der Waals surface area contributed by atoms with E-state index in [9.17, 15) is 9.59 Å². The van der Waals surface area contributed by atoms with E-state index in [0.717, 1.165) is 74.5 Å². The van der Waals surface area contributed by atoms with E-state index in [0.29, 0.717) is 24.5 Å². The van der Waals surface area contributed by atoms with Gasteiger partial charge in [-0.25, -0.2) is 0 Å². The minimum Gasteiger partial charge on any atom is -0.481 e. The molecule has 0 aliphatic heterocycles. The topological polar surface area (TPSA) is 54.4 Å². The molecule has 224 valence electrons. The van der Waals surface area contributed by atoms with Crippen LogP contribution in [-0.4, -0.2) is 16.9 Å². The fourth-order valence-corrected chi connectivity index (χ4v) is 6.06. The fraction of sp³-hybridized carbons (Fsp3) is 0.436. The molecule has 0 radical (unpaired) electrons. The van der Waals surface area contributed by atoms with E-state index in [2.05, 4.69) is 87.2 Å². The third-order valence-electron chi connectivity index (χ3n) is 8.36. The second-order valence-corrected chi connectivity index (χ2v) is 12.0. The molecular formula is C39H50O3. The first-order valence-corrected chi connectivity index (χ1v) is 15.9. The number of carbonyl (C=O) groups is 2. The molecule has 0 aromatic heterocycles. The second kappa shape index (κ2) is 17.5. The molecule has 3 aromatic rings. The van der Waals surface area contributed by atoms with E-state index in [1.165, 1.54) is 22.3 Å². The Balaban J connectivity index is 1.63. The molecule has 2 unspecified atom stereocenters. The highest BCUT2D eigenvalue weighted by Gasteiger charge is 2.22. The zero-order valence-corrected chi connectivity index (χ0v) is 26.0. The number of carboxylic acid groups (broad SMARTS) is 1. The van der Waals surface area contributed by atoms with Gasteiger partial charge in [0.05, 0.1) is 0 Å². The Labute approximate surface area is 254 Å². The quantitative estimate of drug-likeness (QED) is 0.116. The molecule has 0 saturated carbocycles. The molecule has 2 atom stereocenters. The first-order chi connectivity index (χ1) is 20.3. The third-order valence-corrected chi connectivity index (χ3v) is 8.36. The van der Waals surface area contributed by atoms with Crippen molar-refractivity contribution in [2.45, 2.75) is 110 Å². The number of allylic oxidation sites excluding steroid dienone is 1. The smallest absolute Gasteiger partial charge is 0.303 e. The predicted molar refractivity (Wildman–Crippen MR) is 176 cm³/mol. The molecule has 0 aliphatic rings. The van der Waals surface area contributed by atoms with Gasteiger partial charge in [-0.3, -0.25) is 9.59 Å². The molecule has 0 spiro atoms. The van der Waals surface area contributed by atoms with Gasteiger partial charge < -0.3 is 5.11 Å². The number of ketones is 1. The Morgan fingerprint density at radius 2 is 1.50 bits per heavy atom. The number of Topliss-reactive ketones (excluding diaryl/α,β-unsaturated/α-hetero) is 1. The van der Waals surface area contributed by atoms with Crippen molar-refractivity contribution in [2.75, 3.05) is 0 Å². The molecule has 0 saturated heterocycles. The van der Waals surface area contributed by atoms with Crippen molar-refractivity contribution in [3.05, 3.63) is 107 Å². The number of aryl methyl sites for hydroxylation is 2. The van der Waals surface area contributed by atoms with Crippen LogP contribution in [-0.2, 0) is 16.0 Å². The zero-order valence-electron chi connectivity index (χ0n) is 26.0. The van der Waals surface area contributed by atoms with E-state index in [4.69, 9.17) is 5.11 Å². The van der Waals surface area contributed by atoms with Gasteiger partial charge in [0.1, 0.15) is 5.78 Å². The number of benzene rings is 3. The van der Waals surface area contributed by atoms with Gasteiger partial charge in [0, 0.05) is 18.8 Å². The first kappa shape index (κ1) is 33.0. The van der Waals surface area contributed by atoms with Crippen LogP contribution in [0.3, 0.4) is 0 Å². The summed E-state index contributed by atoms with van der Waals surface area (Å²) in [6.45, 7) is 10.5. The molecule has 0 fully saturated rings. The molecule has 0 heterocycles. The average molecular weight is 567 g/mol. The Hall–Kier alpha value is -3.46. The van der Waals surface area contributed by atoms with Crippen LogP contribution in [0.1, 0.15) is 119 Å². The number of hydrogen-bond donors (Lipinski definition) is 1. The van der Waals surface area contributed by atoms with Crippen molar-refractivity contribution in [1.29, 1.82) is 0 Å². The SMILES string of the molecule is C=C(C)CC(C(=O)CCCCCc1ccccc1)c1ccc(-c2ccc(C(CCC)CCCCC(=O)O)cc2)cc1C. The monoisotopic (exact) mass is 566 g/mol. The lowest BCUT2D eigenvalue weighted by molar-refractivity contribution is -0.137. The molecule has 0 aliphatic carbocycles. The van der Waals surface area contributed by atoms with Crippen molar-refractivity contribution in [3.63, 3.8) is 0 Å². The highest BCUT2D eigenvalue weighted by molar-refractivity contribution is 5.86. The number of aliphatic carboxylic acids is 1. The van der Waals surface area contributed by atoms with Crippen LogP contribution < -0.4 is 0 Å². The maximum absolute atomic E-state index is 13.4. The van der Waals surface area contributed by atoms with E-state index >= 15 is 0 Å². The Bertz CT molecular complexity index is 1270. The van der Waals surface area contributed by atoms with E-state index in [-0.39, 0.29) is 12.3 Å². The maximum Gasteiger partial charge on any atom is 0.303 e. The Morgan fingerprint density at radius 3 is 2.14 bits per heavy atom. The number of carboxylic acids is 1. The molecule has 3 heteroatoms. The lowest BCUT2D eigenvalue weighted by Crippen LogP contribution is -2.14. The summed E-state index contributed by atoms with van der Waals surface area (Å²) in [5.41, 5.74) is 8.36. The van der Waals surface area contributed by atoms with Crippen LogP contribution in [0, 0.1) is 6.92 Å². The third kappa shape index (κ3) is 10.7. The maximum atomic E-state index is 13.4. The summed E-state index contributed by atoms with van der Waals surface area (Å²) < 4.78 is 0. The van der Waals surface area contributed by atoms with Crippen molar-refractivity contribution >= 4 is 11.8 Å². The summed E-state index contributed by atoms with van der Waals surface area (Å²) in [7, 11) is 0. The largest absolute Gasteiger partial charge is 0.481 e. The number of hydrogen-bond acceptors (Lipinski definition) is 2. The summed E-state index contributed by atoms with van der Waals surface area (Å²) in [6, 6.07) is 26.0. The van der Waals surface area contributed by atoms with Gasteiger partial charge in [0.25, 0.3) is 0 Å². The van der Waals surface area contributed by atoms with Gasteiger partial charge in [-0.05, 0) is 98.1 Å². The van der Waals surface area contributed by atoms with Crippen LogP contribution in [0.5, 0.6) is 0 Å². The highest BCUT2D eigenvalue weighted by Crippen LogP contribution is 2.33. The van der Waals surface area contributed by atoms with Crippen LogP contribution in [0.25, 0.3) is 11.1 Å². The number of carbonyl (C=O) groups excluding carboxylic acids is 1. The molecule has 0 amide bonds. The molecule has 3 nitrogen and oxygen atoms in total. The van der Waals surface area contributed by atoms with E-state index in [1.807, 2.05) is 13.0 Å². The molecule has 3 rings (SSSR count). The van der Waals surface area contributed by atoms with Crippen LogP contribution in [0.15, 0.2) is 84.9 Å². The van der Waals surface area contributed by atoms with E-state index in [1.54, 1.807) is 0 Å². The number of rotatable bonds is 19. The Kier molecular flexibility index (Phi) is 13.8. The first-order valence-electron chi connectivity index (χ1n) is 15.9. The van der Waals surface area contributed by atoms with Crippen molar-refractivity contribution in [1.82, 2.24) is 0 Å². The summed E-state index contributed by atoms with van der Waals surface area (Å²) in [5, 5.41) is 8.94. The van der Waals surface area contributed by atoms with Crippen LogP contribution in [0.2, 0.25) is 0 Å². The highest BCUT2D eigenvalue weighted by atomic mass is 16.4. The summed E-state index contributed by atoms with van der Waals surface area (Å²) in [4.78, 5) is 24.3. The van der Waals surface area contributed by atoms with Gasteiger partial charge in [0.15, 0.2) is 0 Å². The molecule has 0 bridgehead atoms. The van der Waals surface area contributed by atoms with Gasteiger partial charge in [-0.2, -0.15) is 0 Å². The lowest BCUT2D eigenvalue weighted by Gasteiger charge is -2.20. The molecule has 3 aromatic carbocycles. The fourth-order valence-electron chi connectivity index (χ4n) is 6.06. The molecular weight excluding hydrogens is 516 g/mol. The molecule has 1 N–H and O–H groups in total. The van der Waals surface area contributed by atoms with Crippen LogP contribution in [0.4, 0.5) is 0 Å². The second-order valence-electron chi connectivity index (χ2n) is 12.0. The normalized spacial score (nSPS) is 12.5. The Morgan fingerprint density at radius 1 is 0.810 bits per heavy atom. The van der Waals surface area contributed by atoms with Crippen molar-refractivity contribution < 1.29 is 14.7 Å². The summed E-state index contributed by atoms with van der Waals surface area (Å²) in [5.74, 6) is -0.0565. The van der Waals surface area contributed by atoms with Crippen molar-refractivity contribution in [3.8, 4) is 11.1 Å². The minimum atomic E-state index is -0.711. The van der Waals surface area contributed by atoms with E-state index < -0.39 is 5.97 Å². The number of unbranched alkanes of at least 4 members (excludes halogenated alkanes) is 3. The summed E-state index contributed by atoms with van der Waals surface area (Å²) >= 11 is 0. The lowest BCUT2D eigenvalue weighted by atomic mass is 9.83. The van der Waals surface area contributed by atoms with Gasteiger partial charge in [-0.1, -0.05) is 105 Å². The zero-order chi connectivity index (χ0) is 30.3. The van der Waals surface area contributed by atoms with Crippen molar-refractivity contribution in [2.24, 2.45) is 0 Å². The van der Waals surface area contributed by atoms with Gasteiger partial charge in [-0.15, -0.1) is 6.58 Å². The molecule has 42 heavy (non-hydrogen) atoms. The van der Waals surface area contributed by atoms with Gasteiger partial charge >= 0.3 is 5.97 Å². The predicted octanol–water partition coefficient (Wildman–Crippen LogP) is 10.6. The van der Waals surface area contributed by atoms with Crippen LogP contribution >= 0.6 is 0 Å². The summed E-state index contributed by atoms with van der Waals surface area (Å²) in [6.07, 6.45) is 10.7. The average Bonchev–Trinajstić information content (AvgIpc) is 2.98. The minimum absolute atomic E-state index is 0.135.